The van der Waals surface area contributed by atoms with Gasteiger partial charge in [-0.15, -0.1) is 0 Å². The molecule has 366 valence electrons. The summed E-state index contributed by atoms with van der Waals surface area (Å²) in [5.41, 5.74) is 2.21. The summed E-state index contributed by atoms with van der Waals surface area (Å²) < 4.78 is 0. The molecule has 0 aliphatic rings. The van der Waals surface area contributed by atoms with E-state index in [1.54, 1.807) is 12.1 Å². The Balaban J connectivity index is 0.000000630. The van der Waals surface area contributed by atoms with Crippen molar-refractivity contribution >= 4 is 0 Å². The van der Waals surface area contributed by atoms with Crippen LogP contribution in [0.2, 0.25) is 0 Å². The quantitative estimate of drug-likeness (QED) is 0.0651. The summed E-state index contributed by atoms with van der Waals surface area (Å²) in [4.78, 5) is 0. The number of phenols is 2. The number of aryl methyl sites for hydroxylation is 2. The van der Waals surface area contributed by atoms with E-state index in [0.29, 0.717) is 11.5 Å². The fraction of sp³-hybridized carbons (Fsp3) is 0.803. The van der Waals surface area contributed by atoms with Crippen molar-refractivity contribution in [3.05, 3.63) is 59.7 Å². The molecule has 0 unspecified atom stereocenters. The first-order chi connectivity index (χ1) is 31.2. The number of benzene rings is 2. The van der Waals surface area contributed by atoms with Crippen LogP contribution >= 0.6 is 0 Å². The molecule has 2 nitrogen and oxygen atoms in total. The van der Waals surface area contributed by atoms with Crippen molar-refractivity contribution in [3.8, 4) is 11.5 Å². The average Bonchev–Trinajstić information content (AvgIpc) is 3.29. The van der Waals surface area contributed by atoms with E-state index >= 15 is 0 Å². The first kappa shape index (κ1) is 59.1. The van der Waals surface area contributed by atoms with E-state index in [1.807, 2.05) is 36.4 Å². The van der Waals surface area contributed by atoms with E-state index in [4.69, 9.17) is 0 Å². The zero-order chi connectivity index (χ0) is 45.2. The van der Waals surface area contributed by atoms with Gasteiger partial charge in [0.1, 0.15) is 11.5 Å². The van der Waals surface area contributed by atoms with Crippen molar-refractivity contribution in [2.24, 2.45) is 0 Å². The molecule has 0 saturated carbocycles. The molecule has 0 aromatic heterocycles. The Kier molecular flexibility index (Phi) is 46.4. The van der Waals surface area contributed by atoms with Crippen molar-refractivity contribution in [1.82, 2.24) is 0 Å². The number of rotatable bonds is 47. The van der Waals surface area contributed by atoms with Gasteiger partial charge in [-0.05, 0) is 48.9 Å². The van der Waals surface area contributed by atoms with Gasteiger partial charge in [-0.1, -0.05) is 326 Å². The summed E-state index contributed by atoms with van der Waals surface area (Å²) in [6.07, 6.45) is 66.3. The molecular weight excluding hydrogens is 765 g/mol. The highest BCUT2D eigenvalue weighted by Crippen LogP contribution is 2.22. The van der Waals surface area contributed by atoms with Crippen LogP contribution in [-0.2, 0) is 12.8 Å². The second kappa shape index (κ2) is 49.5. The molecule has 0 amide bonds. The zero-order valence-corrected chi connectivity index (χ0v) is 42.7. The van der Waals surface area contributed by atoms with Crippen molar-refractivity contribution < 1.29 is 10.2 Å². The van der Waals surface area contributed by atoms with Crippen molar-refractivity contribution in [1.29, 1.82) is 0 Å². The molecule has 0 spiro atoms. The van der Waals surface area contributed by atoms with Gasteiger partial charge in [-0.3, -0.25) is 0 Å². The first-order valence-corrected chi connectivity index (χ1v) is 28.7. The fourth-order valence-corrected chi connectivity index (χ4v) is 9.47. The predicted molar refractivity (Wildman–Crippen MR) is 283 cm³/mol. The Bertz CT molecular complexity index is 1160. The summed E-state index contributed by atoms with van der Waals surface area (Å²) in [6.45, 7) is 4.60. The van der Waals surface area contributed by atoms with Gasteiger partial charge >= 0.3 is 0 Å². The Morgan fingerprint density at radius 3 is 0.556 bits per heavy atom. The Morgan fingerprint density at radius 2 is 0.381 bits per heavy atom. The molecule has 2 aromatic carbocycles. The minimum absolute atomic E-state index is 0.464. The number of para-hydroxylation sites is 2. The minimum atomic E-state index is 0.464. The molecule has 0 atom stereocenters. The van der Waals surface area contributed by atoms with Crippen molar-refractivity contribution in [3.63, 3.8) is 0 Å². The fourth-order valence-electron chi connectivity index (χ4n) is 9.47. The lowest BCUT2D eigenvalue weighted by Gasteiger charge is -2.05. The molecular formula is C61H110O2. The maximum atomic E-state index is 9.79. The second-order valence-electron chi connectivity index (χ2n) is 20.0. The van der Waals surface area contributed by atoms with Gasteiger partial charge in [0.2, 0.25) is 0 Å². The lowest BCUT2D eigenvalue weighted by atomic mass is 10.0. The predicted octanol–water partition coefficient (Wildman–Crippen LogP) is 21.5. The number of unbranched alkanes of at least 4 members (excludes halogenated alkanes) is 43. The Morgan fingerprint density at radius 1 is 0.222 bits per heavy atom. The molecule has 2 aromatic rings. The van der Waals surface area contributed by atoms with Gasteiger partial charge < -0.3 is 10.2 Å². The van der Waals surface area contributed by atoms with Crippen molar-refractivity contribution in [2.75, 3.05) is 0 Å². The van der Waals surface area contributed by atoms with E-state index in [2.05, 4.69) is 13.8 Å². The summed E-state index contributed by atoms with van der Waals surface area (Å²) in [6, 6.07) is 15.5. The van der Waals surface area contributed by atoms with Crippen LogP contribution in [0.3, 0.4) is 0 Å². The highest BCUT2D eigenvalue weighted by atomic mass is 16.3. The molecule has 0 aliphatic carbocycles. The highest BCUT2D eigenvalue weighted by Gasteiger charge is 2.02. The standard InChI is InChI=1S/C31H56O.C30H54O/c1-2-3-4-5-6-7-8-9-10-11-12-13-14-15-16-17-18-19-20-21-22-23-24-27-30-28-25-26-29-31(30)32;1-2-3-4-5-6-7-8-9-10-11-12-13-14-15-16-17-18-19-20-21-22-23-26-29-27-24-25-28-30(29)31/h25-26,28-29,32H,2-24,27H2,1H3;24-25,27-28,31H,2-23,26H2,1H3. The Labute approximate surface area is 395 Å². The number of aromatic hydroxyl groups is 2. The molecule has 0 fully saturated rings. The van der Waals surface area contributed by atoms with Crippen LogP contribution in [0, 0.1) is 0 Å². The van der Waals surface area contributed by atoms with Crippen LogP contribution in [0.1, 0.15) is 314 Å². The average molecular weight is 876 g/mol. The lowest BCUT2D eigenvalue weighted by molar-refractivity contribution is 0.465. The molecule has 2 heteroatoms. The third kappa shape index (κ3) is 42.4. The summed E-state index contributed by atoms with van der Waals surface area (Å²) in [5, 5.41) is 19.6. The van der Waals surface area contributed by atoms with E-state index in [-0.39, 0.29) is 0 Å². The maximum Gasteiger partial charge on any atom is 0.118 e. The number of phenolic OH excluding ortho intramolecular Hbond substituents is 2. The third-order valence-electron chi connectivity index (χ3n) is 13.8. The topological polar surface area (TPSA) is 40.5 Å². The molecule has 0 bridgehead atoms. The molecule has 2 rings (SSSR count). The summed E-state index contributed by atoms with van der Waals surface area (Å²) in [5.74, 6) is 0.928. The molecule has 0 radical (unpaired) electrons. The smallest absolute Gasteiger partial charge is 0.118 e. The minimum Gasteiger partial charge on any atom is -0.508 e. The number of hydrogen-bond donors (Lipinski definition) is 2. The molecule has 0 saturated heterocycles. The van der Waals surface area contributed by atoms with Gasteiger partial charge in [-0.25, -0.2) is 0 Å². The van der Waals surface area contributed by atoms with Crippen LogP contribution in [0.5, 0.6) is 11.5 Å². The molecule has 0 aliphatic heterocycles. The van der Waals surface area contributed by atoms with E-state index in [0.717, 1.165) is 24.0 Å². The van der Waals surface area contributed by atoms with Gasteiger partial charge in [0.25, 0.3) is 0 Å². The van der Waals surface area contributed by atoms with Crippen molar-refractivity contribution in [2.45, 2.75) is 316 Å². The lowest BCUT2D eigenvalue weighted by Crippen LogP contribution is -1.87. The summed E-state index contributed by atoms with van der Waals surface area (Å²) >= 11 is 0. The van der Waals surface area contributed by atoms with Gasteiger partial charge in [0.15, 0.2) is 0 Å². The highest BCUT2D eigenvalue weighted by molar-refractivity contribution is 5.32. The SMILES string of the molecule is CCCCCCCCCCCCCCCCCCCCCCCCCc1ccccc1O.CCCCCCCCCCCCCCCCCCCCCCCCc1ccccc1O. The molecule has 2 N–H and O–H groups in total. The van der Waals surface area contributed by atoms with Gasteiger partial charge in [0.05, 0.1) is 0 Å². The number of hydrogen-bond acceptors (Lipinski definition) is 2. The van der Waals surface area contributed by atoms with E-state index in [9.17, 15) is 10.2 Å². The summed E-state index contributed by atoms with van der Waals surface area (Å²) in [7, 11) is 0. The molecule has 0 heterocycles. The van der Waals surface area contributed by atoms with Crippen LogP contribution < -0.4 is 0 Å². The third-order valence-corrected chi connectivity index (χ3v) is 13.8. The van der Waals surface area contributed by atoms with Crippen LogP contribution in [0.25, 0.3) is 0 Å². The van der Waals surface area contributed by atoms with E-state index < -0.39 is 0 Å². The Hall–Kier alpha value is -1.96. The zero-order valence-electron chi connectivity index (χ0n) is 42.7. The maximum absolute atomic E-state index is 9.79. The second-order valence-corrected chi connectivity index (χ2v) is 20.0. The van der Waals surface area contributed by atoms with Crippen LogP contribution in [-0.4, -0.2) is 10.2 Å². The largest absolute Gasteiger partial charge is 0.508 e. The van der Waals surface area contributed by atoms with Crippen LogP contribution in [0.15, 0.2) is 48.5 Å². The molecule has 63 heavy (non-hydrogen) atoms. The van der Waals surface area contributed by atoms with Gasteiger partial charge in [0, 0.05) is 0 Å². The van der Waals surface area contributed by atoms with Gasteiger partial charge in [-0.2, -0.15) is 0 Å². The van der Waals surface area contributed by atoms with Crippen LogP contribution in [0.4, 0.5) is 0 Å². The first-order valence-electron chi connectivity index (χ1n) is 28.7. The monoisotopic (exact) mass is 875 g/mol. The van der Waals surface area contributed by atoms with E-state index in [1.165, 1.54) is 289 Å². The normalized spacial score (nSPS) is 11.3.